The van der Waals surface area contributed by atoms with Crippen LogP contribution in [0.1, 0.15) is 41.3 Å². The van der Waals surface area contributed by atoms with Crippen molar-refractivity contribution >= 4 is 11.9 Å². The first-order chi connectivity index (χ1) is 10.9. The highest BCUT2D eigenvalue weighted by molar-refractivity contribution is 5.94. The van der Waals surface area contributed by atoms with Gasteiger partial charge in [-0.2, -0.15) is 0 Å². The van der Waals surface area contributed by atoms with Crippen LogP contribution >= 0.6 is 0 Å². The fourth-order valence-corrected chi connectivity index (χ4v) is 2.42. The lowest BCUT2D eigenvalue weighted by Gasteiger charge is -2.25. The fraction of sp³-hybridized carbons (Fsp3) is 0.333. The van der Waals surface area contributed by atoms with Crippen LogP contribution in [0.25, 0.3) is 0 Å². The number of benzene rings is 1. The number of aliphatic carboxylic acids is 1. The highest BCUT2D eigenvalue weighted by Crippen LogP contribution is 2.19. The van der Waals surface area contributed by atoms with Crippen molar-refractivity contribution in [2.24, 2.45) is 0 Å². The van der Waals surface area contributed by atoms with Gasteiger partial charge in [-0.3, -0.25) is 4.79 Å². The molecule has 2 rings (SSSR count). The molecule has 1 aromatic carbocycles. The molecule has 1 unspecified atom stereocenters. The Labute approximate surface area is 135 Å². The Balaban J connectivity index is 2.32. The van der Waals surface area contributed by atoms with Gasteiger partial charge < -0.3 is 14.4 Å². The molecule has 0 fully saturated rings. The molecule has 1 N–H and O–H groups in total. The molecule has 1 atom stereocenters. The Kier molecular flexibility index (Phi) is 5.21. The summed E-state index contributed by atoms with van der Waals surface area (Å²) < 4.78 is 5.59. The van der Waals surface area contributed by atoms with Gasteiger partial charge in [-0.25, -0.2) is 4.79 Å². The van der Waals surface area contributed by atoms with E-state index in [1.807, 2.05) is 44.2 Å². The molecule has 23 heavy (non-hydrogen) atoms. The van der Waals surface area contributed by atoms with Gasteiger partial charge in [0, 0.05) is 13.0 Å². The fourth-order valence-electron chi connectivity index (χ4n) is 2.42. The van der Waals surface area contributed by atoms with E-state index in [4.69, 9.17) is 4.42 Å². The van der Waals surface area contributed by atoms with Crippen LogP contribution in [0.15, 0.2) is 40.8 Å². The summed E-state index contributed by atoms with van der Waals surface area (Å²) in [7, 11) is 0. The Morgan fingerprint density at radius 3 is 2.43 bits per heavy atom. The first kappa shape index (κ1) is 16.8. The third-order valence-corrected chi connectivity index (χ3v) is 3.83. The summed E-state index contributed by atoms with van der Waals surface area (Å²) in [4.78, 5) is 25.4. The van der Waals surface area contributed by atoms with Crippen molar-refractivity contribution in [3.63, 3.8) is 0 Å². The minimum atomic E-state index is -1.05. The van der Waals surface area contributed by atoms with Gasteiger partial charge in [-0.05, 0) is 31.0 Å². The Hall–Kier alpha value is -2.56. The number of carbonyl (C=O) groups is 2. The first-order valence-electron chi connectivity index (χ1n) is 7.61. The third kappa shape index (κ3) is 3.80. The SMILES string of the molecule is CCc1oc(C(=O)N(Cc2ccccc2)C(C)C(=O)O)cc1C. The standard InChI is InChI=1S/C18H21NO4/c1-4-15-12(2)10-16(23-15)17(20)19(13(3)18(21)22)11-14-8-6-5-7-9-14/h5-10,13H,4,11H2,1-3H3,(H,21,22). The average molecular weight is 315 g/mol. The van der Waals surface area contributed by atoms with Gasteiger partial charge in [0.1, 0.15) is 11.8 Å². The van der Waals surface area contributed by atoms with E-state index < -0.39 is 17.9 Å². The van der Waals surface area contributed by atoms with Crippen LogP contribution in [0.3, 0.4) is 0 Å². The number of nitrogens with zero attached hydrogens (tertiary/aromatic N) is 1. The van der Waals surface area contributed by atoms with Gasteiger partial charge in [0.05, 0.1) is 0 Å². The molecular formula is C18H21NO4. The highest BCUT2D eigenvalue weighted by atomic mass is 16.4. The van der Waals surface area contributed by atoms with Crippen molar-refractivity contribution < 1.29 is 19.1 Å². The van der Waals surface area contributed by atoms with E-state index in [1.54, 1.807) is 6.07 Å². The summed E-state index contributed by atoms with van der Waals surface area (Å²) in [6, 6.07) is 10.0. The second-order valence-electron chi connectivity index (χ2n) is 5.50. The Bertz CT molecular complexity index is 690. The highest BCUT2D eigenvalue weighted by Gasteiger charge is 2.29. The van der Waals surface area contributed by atoms with Crippen molar-refractivity contribution in [1.29, 1.82) is 0 Å². The summed E-state index contributed by atoms with van der Waals surface area (Å²) in [6.45, 7) is 5.54. The molecule has 0 aliphatic heterocycles. The molecule has 1 aromatic heterocycles. The van der Waals surface area contributed by atoms with Crippen molar-refractivity contribution in [2.45, 2.75) is 39.8 Å². The molecule has 0 bridgehead atoms. The van der Waals surface area contributed by atoms with Crippen LogP contribution < -0.4 is 0 Å². The number of carboxylic acids is 1. The molecular weight excluding hydrogens is 294 g/mol. The van der Waals surface area contributed by atoms with Gasteiger partial charge in [0.2, 0.25) is 0 Å². The smallest absolute Gasteiger partial charge is 0.326 e. The molecule has 0 saturated heterocycles. The molecule has 0 radical (unpaired) electrons. The van der Waals surface area contributed by atoms with Gasteiger partial charge >= 0.3 is 5.97 Å². The molecule has 0 spiro atoms. The normalized spacial score (nSPS) is 12.0. The number of hydrogen-bond donors (Lipinski definition) is 1. The van der Waals surface area contributed by atoms with Crippen LogP contribution in [0.2, 0.25) is 0 Å². The predicted octanol–water partition coefficient (Wildman–Crippen LogP) is 3.27. The van der Waals surface area contributed by atoms with E-state index in [0.29, 0.717) is 6.42 Å². The van der Waals surface area contributed by atoms with Crippen molar-refractivity contribution in [3.05, 3.63) is 59.0 Å². The maximum atomic E-state index is 12.7. The van der Waals surface area contributed by atoms with E-state index >= 15 is 0 Å². The summed E-state index contributed by atoms with van der Waals surface area (Å²) in [6.07, 6.45) is 0.687. The topological polar surface area (TPSA) is 70.8 Å². The molecule has 1 amide bonds. The first-order valence-corrected chi connectivity index (χ1v) is 7.61. The zero-order valence-electron chi connectivity index (χ0n) is 13.6. The Morgan fingerprint density at radius 2 is 1.91 bits per heavy atom. The monoisotopic (exact) mass is 315 g/mol. The van der Waals surface area contributed by atoms with E-state index in [-0.39, 0.29) is 12.3 Å². The quantitative estimate of drug-likeness (QED) is 0.888. The summed E-state index contributed by atoms with van der Waals surface area (Å²) in [5.41, 5.74) is 1.77. The number of amides is 1. The van der Waals surface area contributed by atoms with E-state index in [0.717, 1.165) is 16.9 Å². The lowest BCUT2D eigenvalue weighted by molar-refractivity contribution is -0.141. The summed E-state index contributed by atoms with van der Waals surface area (Å²) in [5.74, 6) is -0.529. The predicted molar refractivity (Wildman–Crippen MR) is 86.2 cm³/mol. The van der Waals surface area contributed by atoms with Crippen molar-refractivity contribution in [2.75, 3.05) is 0 Å². The maximum Gasteiger partial charge on any atom is 0.326 e. The molecule has 0 aliphatic rings. The lowest BCUT2D eigenvalue weighted by Crippen LogP contribution is -2.42. The molecule has 1 heterocycles. The van der Waals surface area contributed by atoms with Crippen molar-refractivity contribution in [3.8, 4) is 0 Å². The van der Waals surface area contributed by atoms with Crippen molar-refractivity contribution in [1.82, 2.24) is 4.90 Å². The van der Waals surface area contributed by atoms with Crippen LogP contribution in [0, 0.1) is 6.92 Å². The van der Waals surface area contributed by atoms with E-state index in [1.165, 1.54) is 11.8 Å². The summed E-state index contributed by atoms with van der Waals surface area (Å²) in [5, 5.41) is 9.31. The second-order valence-corrected chi connectivity index (χ2v) is 5.50. The number of carboxylic acid groups (broad SMARTS) is 1. The molecule has 5 heteroatoms. The third-order valence-electron chi connectivity index (χ3n) is 3.83. The second kappa shape index (κ2) is 7.13. The minimum Gasteiger partial charge on any atom is -0.480 e. The van der Waals surface area contributed by atoms with E-state index in [9.17, 15) is 14.7 Å². The number of rotatable bonds is 6. The van der Waals surface area contributed by atoms with Gasteiger partial charge in [0.15, 0.2) is 5.76 Å². The average Bonchev–Trinajstić information content (AvgIpc) is 2.93. The van der Waals surface area contributed by atoms with Gasteiger partial charge in [-0.1, -0.05) is 37.3 Å². The molecule has 2 aromatic rings. The largest absolute Gasteiger partial charge is 0.480 e. The van der Waals surface area contributed by atoms with Gasteiger partial charge in [-0.15, -0.1) is 0 Å². The molecule has 0 aliphatic carbocycles. The van der Waals surface area contributed by atoms with Gasteiger partial charge in [0.25, 0.3) is 5.91 Å². The number of carbonyl (C=O) groups excluding carboxylic acids is 1. The van der Waals surface area contributed by atoms with Crippen LogP contribution in [0.5, 0.6) is 0 Å². The lowest BCUT2D eigenvalue weighted by atomic mass is 10.1. The maximum absolute atomic E-state index is 12.7. The van der Waals surface area contributed by atoms with E-state index in [2.05, 4.69) is 0 Å². The Morgan fingerprint density at radius 1 is 1.26 bits per heavy atom. The summed E-state index contributed by atoms with van der Waals surface area (Å²) >= 11 is 0. The number of aryl methyl sites for hydroxylation is 2. The van der Waals surface area contributed by atoms with Crippen LogP contribution in [-0.2, 0) is 17.8 Å². The zero-order chi connectivity index (χ0) is 17.0. The molecule has 122 valence electrons. The number of hydrogen-bond acceptors (Lipinski definition) is 3. The van der Waals surface area contributed by atoms with Crippen LogP contribution in [0.4, 0.5) is 0 Å². The molecule has 0 saturated carbocycles. The minimum absolute atomic E-state index is 0.184. The number of furan rings is 1. The molecule has 5 nitrogen and oxygen atoms in total. The van der Waals surface area contributed by atoms with Crippen LogP contribution in [-0.4, -0.2) is 27.9 Å². The zero-order valence-corrected chi connectivity index (χ0v) is 13.6.